The number of carboxylic acid groups (broad SMARTS) is 1. The third-order valence-electron chi connectivity index (χ3n) is 3.54. The number of ether oxygens (including phenoxy) is 1. The van der Waals surface area contributed by atoms with Crippen LogP contribution in [0.3, 0.4) is 0 Å². The maximum Gasteiger partial charge on any atom is 0.335 e. The third kappa shape index (κ3) is 3.62. The van der Waals surface area contributed by atoms with Gasteiger partial charge in [-0.2, -0.15) is 5.10 Å². The van der Waals surface area contributed by atoms with Crippen molar-refractivity contribution in [1.29, 1.82) is 0 Å². The van der Waals surface area contributed by atoms with Crippen molar-refractivity contribution in [2.45, 2.75) is 33.6 Å². The lowest BCUT2D eigenvalue weighted by Crippen LogP contribution is -2.03. The van der Waals surface area contributed by atoms with Crippen molar-refractivity contribution in [3.05, 3.63) is 46.3 Å². The van der Waals surface area contributed by atoms with Gasteiger partial charge in [0.05, 0.1) is 17.9 Å². The van der Waals surface area contributed by atoms with Crippen molar-refractivity contribution in [2.24, 2.45) is 0 Å². The summed E-state index contributed by atoms with van der Waals surface area (Å²) < 4.78 is 5.71. The first-order valence-corrected chi connectivity index (χ1v) is 6.96. The highest BCUT2D eigenvalue weighted by Gasteiger charge is 2.08. The van der Waals surface area contributed by atoms with Crippen molar-refractivity contribution in [3.63, 3.8) is 0 Å². The van der Waals surface area contributed by atoms with Gasteiger partial charge in [-0.1, -0.05) is 6.07 Å². The maximum absolute atomic E-state index is 11.0. The molecule has 0 amide bonds. The number of aryl methyl sites for hydroxylation is 3. The Bertz CT molecular complexity index is 627. The predicted molar refractivity (Wildman–Crippen MR) is 80.0 cm³/mol. The molecule has 2 N–H and O–H groups in total. The molecule has 0 aliphatic carbocycles. The van der Waals surface area contributed by atoms with Crippen molar-refractivity contribution >= 4 is 5.97 Å². The molecule has 0 fully saturated rings. The van der Waals surface area contributed by atoms with Crippen molar-refractivity contribution in [2.75, 3.05) is 6.61 Å². The molecule has 5 heteroatoms. The molecule has 112 valence electrons. The largest absolute Gasteiger partial charge is 0.493 e. The summed E-state index contributed by atoms with van der Waals surface area (Å²) in [6, 6.07) is 4.93. The van der Waals surface area contributed by atoms with Gasteiger partial charge < -0.3 is 9.84 Å². The van der Waals surface area contributed by atoms with E-state index < -0.39 is 5.97 Å². The zero-order valence-corrected chi connectivity index (χ0v) is 12.6. The number of hydrogen-bond donors (Lipinski definition) is 2. The van der Waals surface area contributed by atoms with Gasteiger partial charge in [0.2, 0.25) is 0 Å². The molecule has 0 saturated heterocycles. The molecule has 0 aliphatic rings. The molecule has 5 nitrogen and oxygen atoms in total. The van der Waals surface area contributed by atoms with E-state index in [1.54, 1.807) is 18.2 Å². The summed E-state index contributed by atoms with van der Waals surface area (Å²) in [7, 11) is 0. The van der Waals surface area contributed by atoms with E-state index in [1.807, 2.05) is 20.8 Å². The number of nitrogens with zero attached hydrogens (tertiary/aromatic N) is 1. The number of benzene rings is 1. The van der Waals surface area contributed by atoms with E-state index in [1.165, 1.54) is 5.56 Å². The molecular weight excluding hydrogens is 268 g/mol. The second-order valence-corrected chi connectivity index (χ2v) is 5.15. The number of H-pyrrole nitrogens is 1. The number of aromatic nitrogens is 2. The van der Waals surface area contributed by atoms with E-state index in [4.69, 9.17) is 9.84 Å². The van der Waals surface area contributed by atoms with Gasteiger partial charge in [0.1, 0.15) is 5.75 Å². The van der Waals surface area contributed by atoms with Crippen LogP contribution >= 0.6 is 0 Å². The second-order valence-electron chi connectivity index (χ2n) is 5.15. The van der Waals surface area contributed by atoms with E-state index in [-0.39, 0.29) is 5.56 Å². The summed E-state index contributed by atoms with van der Waals surface area (Å²) in [6.07, 6.45) is 1.75. The van der Waals surface area contributed by atoms with Crippen LogP contribution in [-0.4, -0.2) is 27.9 Å². The maximum atomic E-state index is 11.0. The molecule has 0 atom stereocenters. The van der Waals surface area contributed by atoms with Gasteiger partial charge in [-0.15, -0.1) is 0 Å². The number of hydrogen-bond acceptors (Lipinski definition) is 3. The van der Waals surface area contributed by atoms with Crippen LogP contribution in [0.5, 0.6) is 5.75 Å². The average molecular weight is 288 g/mol. The van der Waals surface area contributed by atoms with Gasteiger partial charge in [0, 0.05) is 5.69 Å². The van der Waals surface area contributed by atoms with Gasteiger partial charge in [-0.25, -0.2) is 4.79 Å². The molecule has 1 aromatic carbocycles. The number of rotatable bonds is 6. The fourth-order valence-electron chi connectivity index (χ4n) is 2.26. The Morgan fingerprint density at radius 3 is 2.71 bits per heavy atom. The quantitative estimate of drug-likeness (QED) is 0.801. The van der Waals surface area contributed by atoms with Gasteiger partial charge in [-0.3, -0.25) is 5.10 Å². The Balaban J connectivity index is 1.92. The van der Waals surface area contributed by atoms with Crippen LogP contribution < -0.4 is 4.74 Å². The number of aromatic carboxylic acids is 1. The Labute approximate surface area is 124 Å². The van der Waals surface area contributed by atoms with Crippen molar-refractivity contribution < 1.29 is 14.6 Å². The highest BCUT2D eigenvalue weighted by Crippen LogP contribution is 2.20. The Kier molecular flexibility index (Phi) is 4.62. The predicted octanol–water partition coefficient (Wildman–Crippen LogP) is 3.04. The Hall–Kier alpha value is -2.30. The fourth-order valence-corrected chi connectivity index (χ4v) is 2.26. The summed E-state index contributed by atoms with van der Waals surface area (Å²) >= 11 is 0. The van der Waals surface area contributed by atoms with Gasteiger partial charge in [-0.05, 0) is 56.9 Å². The van der Waals surface area contributed by atoms with E-state index in [0.29, 0.717) is 12.4 Å². The second kappa shape index (κ2) is 6.43. The summed E-state index contributed by atoms with van der Waals surface area (Å²) in [4.78, 5) is 11.0. The van der Waals surface area contributed by atoms with Crippen LogP contribution in [-0.2, 0) is 6.42 Å². The van der Waals surface area contributed by atoms with Crippen molar-refractivity contribution in [1.82, 2.24) is 10.2 Å². The summed E-state index contributed by atoms with van der Waals surface area (Å²) in [5.41, 5.74) is 4.54. The van der Waals surface area contributed by atoms with Gasteiger partial charge >= 0.3 is 5.97 Å². The normalized spacial score (nSPS) is 10.6. The Morgan fingerprint density at radius 2 is 2.10 bits per heavy atom. The number of nitrogens with one attached hydrogen (secondary N) is 1. The molecule has 1 aromatic heterocycles. The molecule has 0 bridgehead atoms. The summed E-state index contributed by atoms with van der Waals surface area (Å²) in [5.74, 6) is -0.306. The van der Waals surface area contributed by atoms with Crippen LogP contribution in [0.4, 0.5) is 0 Å². The lowest BCUT2D eigenvalue weighted by Gasteiger charge is -2.10. The minimum atomic E-state index is -0.940. The monoisotopic (exact) mass is 288 g/mol. The van der Waals surface area contributed by atoms with E-state index in [2.05, 4.69) is 10.2 Å². The van der Waals surface area contributed by atoms with Crippen LogP contribution in [0.2, 0.25) is 0 Å². The lowest BCUT2D eigenvalue weighted by molar-refractivity contribution is 0.0696. The zero-order valence-electron chi connectivity index (χ0n) is 12.6. The molecule has 2 rings (SSSR count). The molecular formula is C16H20N2O3. The van der Waals surface area contributed by atoms with E-state index >= 15 is 0 Å². The first-order valence-electron chi connectivity index (χ1n) is 6.96. The molecule has 0 saturated carbocycles. The minimum absolute atomic E-state index is 0.247. The fraction of sp³-hybridized carbons (Fsp3) is 0.375. The highest BCUT2D eigenvalue weighted by molar-refractivity contribution is 5.88. The first-order chi connectivity index (χ1) is 9.99. The molecule has 0 radical (unpaired) electrons. The van der Waals surface area contributed by atoms with Crippen molar-refractivity contribution in [3.8, 4) is 5.75 Å². The van der Waals surface area contributed by atoms with Crippen LogP contribution in [0.1, 0.15) is 39.3 Å². The molecule has 1 heterocycles. The van der Waals surface area contributed by atoms with Gasteiger partial charge in [0.15, 0.2) is 0 Å². The Morgan fingerprint density at radius 1 is 1.33 bits per heavy atom. The smallest absolute Gasteiger partial charge is 0.335 e. The topological polar surface area (TPSA) is 75.2 Å². The SMILES string of the molecule is Cc1ccc(C(=O)O)cc1OCCCc1c(C)n[nH]c1C. The standard InChI is InChI=1S/C16H20N2O3/c1-10-6-7-13(16(19)20)9-15(10)21-8-4-5-14-11(2)17-18-12(14)3/h6-7,9H,4-5,8H2,1-3H3,(H,17,18)(H,19,20). The van der Waals surface area contributed by atoms with Gasteiger partial charge in [0.25, 0.3) is 0 Å². The molecule has 0 unspecified atom stereocenters. The zero-order chi connectivity index (χ0) is 15.4. The molecule has 21 heavy (non-hydrogen) atoms. The number of carboxylic acids is 1. The van der Waals surface area contributed by atoms with Crippen LogP contribution in [0, 0.1) is 20.8 Å². The van der Waals surface area contributed by atoms with Crippen LogP contribution in [0.25, 0.3) is 0 Å². The highest BCUT2D eigenvalue weighted by atomic mass is 16.5. The molecule has 0 spiro atoms. The van der Waals surface area contributed by atoms with E-state index in [9.17, 15) is 4.79 Å². The third-order valence-corrected chi connectivity index (χ3v) is 3.54. The average Bonchev–Trinajstić information content (AvgIpc) is 2.76. The van der Waals surface area contributed by atoms with Crippen LogP contribution in [0.15, 0.2) is 18.2 Å². The van der Waals surface area contributed by atoms with E-state index in [0.717, 1.165) is 29.8 Å². The number of carbonyl (C=O) groups is 1. The summed E-state index contributed by atoms with van der Waals surface area (Å²) in [5, 5.41) is 16.1. The first kappa shape index (κ1) is 15.1. The summed E-state index contributed by atoms with van der Waals surface area (Å²) in [6.45, 7) is 6.45. The molecule has 0 aliphatic heterocycles. The lowest BCUT2D eigenvalue weighted by atomic mass is 10.1. The number of aromatic amines is 1. The molecule has 2 aromatic rings. The minimum Gasteiger partial charge on any atom is -0.493 e.